The molecule has 0 fully saturated rings. The lowest BCUT2D eigenvalue weighted by molar-refractivity contribution is 0.668. The molecule has 84 heavy (non-hydrogen) atoms. The van der Waals surface area contributed by atoms with E-state index in [2.05, 4.69) is 325 Å². The Kier molecular flexibility index (Phi) is 10.7. The maximum absolute atomic E-state index is 6.75. The number of para-hydroxylation sites is 2. The molecule has 2 aromatic heterocycles. The fourth-order valence-electron chi connectivity index (χ4n) is 14.7. The highest BCUT2D eigenvalue weighted by molar-refractivity contribution is 6.16. The van der Waals surface area contributed by atoms with Crippen molar-refractivity contribution in [3.05, 3.63) is 360 Å². The van der Waals surface area contributed by atoms with Gasteiger partial charge in [0.05, 0.1) is 38.7 Å². The van der Waals surface area contributed by atoms with Crippen LogP contribution in [0.2, 0.25) is 0 Å². The van der Waals surface area contributed by atoms with Crippen LogP contribution in [-0.2, 0) is 10.8 Å². The van der Waals surface area contributed by atoms with E-state index in [9.17, 15) is 0 Å². The number of hydrogen-bond acceptors (Lipinski definition) is 4. The monoisotopic (exact) mass is 1070 g/mol. The number of benzene rings is 13. The first-order valence-electron chi connectivity index (χ1n) is 28.9. The molecule has 0 bridgehead atoms. The average molecular weight is 1070 g/mol. The molecule has 15 aromatic rings. The van der Waals surface area contributed by atoms with Crippen LogP contribution in [0.4, 0.5) is 34.1 Å². The van der Waals surface area contributed by atoms with Gasteiger partial charge in [-0.3, -0.25) is 0 Å². The summed E-state index contributed by atoms with van der Waals surface area (Å²) in [6, 6.07) is 115. The second kappa shape index (κ2) is 18.8. The zero-order valence-electron chi connectivity index (χ0n) is 45.7. The van der Waals surface area contributed by atoms with Gasteiger partial charge >= 0.3 is 0 Å². The Morgan fingerprint density at radius 3 is 1.19 bits per heavy atom. The van der Waals surface area contributed by atoms with Crippen LogP contribution >= 0.6 is 0 Å². The molecule has 0 spiro atoms. The smallest absolute Gasteiger partial charge is 0.137 e. The average Bonchev–Trinajstić information content (AvgIpc) is 2.02. The zero-order valence-corrected chi connectivity index (χ0v) is 45.7. The van der Waals surface area contributed by atoms with Crippen LogP contribution in [0.5, 0.6) is 0 Å². The molecule has 0 atom stereocenters. The standard InChI is InChI=1S/C80H52N2O2/c1-5-25-53(26-6-1)79(54-27-7-2-8-28-54)65-39-17-13-35-60(65)64-52-59(49-50-67(64)79)81(70-43-23-47-74-77(70)62-37-15-19-45-72(62)83-74)57-33-21-34-58(51-57)82(71-44-24-48-75-78(71)63-38-16-20-46-73(63)84-75)69-42-22-41-68-76(69)61-36-14-18-40-66(61)80(68,55-29-9-3-10-30-55)56-31-11-4-12-32-56/h1-52H. The summed E-state index contributed by atoms with van der Waals surface area (Å²) in [6.07, 6.45) is 0. The van der Waals surface area contributed by atoms with E-state index in [0.29, 0.717) is 0 Å². The highest BCUT2D eigenvalue weighted by Gasteiger charge is 2.48. The Balaban J connectivity index is 0.945. The van der Waals surface area contributed by atoms with Crippen molar-refractivity contribution < 1.29 is 8.83 Å². The molecule has 13 aromatic carbocycles. The van der Waals surface area contributed by atoms with Gasteiger partial charge in [-0.1, -0.05) is 243 Å². The molecule has 4 nitrogen and oxygen atoms in total. The second-order valence-electron chi connectivity index (χ2n) is 22.2. The van der Waals surface area contributed by atoms with Gasteiger partial charge in [0.15, 0.2) is 0 Å². The molecular formula is C80H52N2O2. The number of hydrogen-bond donors (Lipinski definition) is 0. The normalized spacial score (nSPS) is 13.4. The number of anilines is 6. The van der Waals surface area contributed by atoms with Gasteiger partial charge in [0.2, 0.25) is 0 Å². The topological polar surface area (TPSA) is 32.8 Å². The fourth-order valence-corrected chi connectivity index (χ4v) is 14.7. The molecule has 4 heteroatoms. The van der Waals surface area contributed by atoms with Gasteiger partial charge in [-0.25, -0.2) is 0 Å². The van der Waals surface area contributed by atoms with Crippen molar-refractivity contribution in [2.24, 2.45) is 0 Å². The van der Waals surface area contributed by atoms with E-state index in [1.807, 2.05) is 0 Å². The van der Waals surface area contributed by atoms with Crippen LogP contribution in [0.25, 0.3) is 66.1 Å². The molecular weight excluding hydrogens is 1020 g/mol. The van der Waals surface area contributed by atoms with Crippen molar-refractivity contribution in [3.8, 4) is 22.3 Å². The largest absolute Gasteiger partial charge is 0.456 e. The second-order valence-corrected chi connectivity index (χ2v) is 22.2. The predicted molar refractivity (Wildman–Crippen MR) is 345 cm³/mol. The molecule has 0 saturated heterocycles. The number of furan rings is 2. The van der Waals surface area contributed by atoms with Crippen molar-refractivity contribution in [2.75, 3.05) is 9.80 Å². The van der Waals surface area contributed by atoms with Gasteiger partial charge in [-0.2, -0.15) is 0 Å². The molecule has 0 radical (unpaired) electrons. The van der Waals surface area contributed by atoms with Gasteiger partial charge in [-0.15, -0.1) is 0 Å². The Bertz CT molecular complexity index is 4960. The summed E-state index contributed by atoms with van der Waals surface area (Å²) in [4.78, 5) is 4.95. The van der Waals surface area contributed by atoms with Gasteiger partial charge < -0.3 is 18.6 Å². The van der Waals surface area contributed by atoms with Crippen molar-refractivity contribution >= 4 is 78.0 Å². The molecule has 0 N–H and O–H groups in total. The van der Waals surface area contributed by atoms with E-state index in [0.717, 1.165) is 78.0 Å². The fraction of sp³-hybridized carbons (Fsp3) is 0.0250. The Morgan fingerprint density at radius 1 is 0.238 bits per heavy atom. The van der Waals surface area contributed by atoms with Gasteiger partial charge in [0, 0.05) is 33.4 Å². The molecule has 394 valence electrons. The molecule has 0 unspecified atom stereocenters. The summed E-state index contributed by atoms with van der Waals surface area (Å²) in [5.41, 5.74) is 22.9. The minimum atomic E-state index is -0.611. The number of nitrogens with zero attached hydrogens (tertiary/aromatic N) is 2. The third-order valence-electron chi connectivity index (χ3n) is 18.0. The molecule has 2 aliphatic rings. The predicted octanol–water partition coefficient (Wildman–Crippen LogP) is 21.2. The molecule has 0 saturated carbocycles. The van der Waals surface area contributed by atoms with Crippen LogP contribution in [0.3, 0.4) is 0 Å². The van der Waals surface area contributed by atoms with Crippen LogP contribution in [0.1, 0.15) is 44.5 Å². The SMILES string of the molecule is c1ccc(C2(c3ccccc3)c3ccccc3-c3cc(N(c4cccc(N(c5cccc6c5-c5ccccc5C6(c5ccccc5)c5ccccc5)c5cccc6oc7ccccc7c56)c4)c4cccc5oc6ccccc6c45)ccc32)cc1. The third-order valence-corrected chi connectivity index (χ3v) is 18.0. The van der Waals surface area contributed by atoms with E-state index in [-0.39, 0.29) is 0 Å². The van der Waals surface area contributed by atoms with Crippen LogP contribution in [0, 0.1) is 0 Å². The van der Waals surface area contributed by atoms with Gasteiger partial charge in [-0.05, 0) is 134 Å². The quantitative estimate of drug-likeness (QED) is 0.137. The van der Waals surface area contributed by atoms with Gasteiger partial charge in [0.25, 0.3) is 0 Å². The Morgan fingerprint density at radius 2 is 0.619 bits per heavy atom. The van der Waals surface area contributed by atoms with Gasteiger partial charge in [0.1, 0.15) is 22.3 Å². The Hall–Kier alpha value is -10.9. The Labute approximate surface area is 487 Å². The minimum Gasteiger partial charge on any atom is -0.456 e. The van der Waals surface area contributed by atoms with Crippen LogP contribution in [-0.4, -0.2) is 0 Å². The lowest BCUT2D eigenvalue weighted by Crippen LogP contribution is -2.28. The summed E-state index contributed by atoms with van der Waals surface area (Å²) in [5.74, 6) is 0. The molecule has 0 amide bonds. The van der Waals surface area contributed by atoms with Crippen LogP contribution < -0.4 is 9.80 Å². The van der Waals surface area contributed by atoms with E-state index in [1.54, 1.807) is 0 Å². The first-order chi connectivity index (χ1) is 41.7. The minimum absolute atomic E-state index is 0.551. The van der Waals surface area contributed by atoms with Crippen molar-refractivity contribution in [1.82, 2.24) is 0 Å². The van der Waals surface area contributed by atoms with E-state index >= 15 is 0 Å². The summed E-state index contributed by atoms with van der Waals surface area (Å²) in [7, 11) is 0. The molecule has 2 aliphatic carbocycles. The first-order valence-corrected chi connectivity index (χ1v) is 28.9. The highest BCUT2D eigenvalue weighted by atomic mass is 16.3. The summed E-state index contributed by atoms with van der Waals surface area (Å²) in [6.45, 7) is 0. The van der Waals surface area contributed by atoms with E-state index < -0.39 is 10.8 Å². The number of rotatable bonds is 10. The number of fused-ring (bicyclic) bond motifs is 12. The lowest BCUT2D eigenvalue weighted by Gasteiger charge is -2.35. The van der Waals surface area contributed by atoms with E-state index in [1.165, 1.54) is 66.8 Å². The summed E-state index contributed by atoms with van der Waals surface area (Å²) >= 11 is 0. The first kappa shape index (κ1) is 47.8. The maximum Gasteiger partial charge on any atom is 0.137 e. The highest BCUT2D eigenvalue weighted by Crippen LogP contribution is 2.61. The third kappa shape index (κ3) is 6.83. The maximum atomic E-state index is 6.75. The molecule has 17 rings (SSSR count). The van der Waals surface area contributed by atoms with E-state index in [4.69, 9.17) is 8.83 Å². The van der Waals surface area contributed by atoms with Crippen molar-refractivity contribution in [3.63, 3.8) is 0 Å². The molecule has 2 heterocycles. The molecule has 0 aliphatic heterocycles. The summed E-state index contributed by atoms with van der Waals surface area (Å²) < 4.78 is 13.5. The lowest BCUT2D eigenvalue weighted by atomic mass is 9.68. The van der Waals surface area contributed by atoms with Crippen molar-refractivity contribution in [2.45, 2.75) is 10.8 Å². The zero-order chi connectivity index (χ0) is 55.3. The van der Waals surface area contributed by atoms with Crippen LogP contribution in [0.15, 0.2) is 324 Å². The summed E-state index contributed by atoms with van der Waals surface area (Å²) in [5, 5.41) is 4.20. The van der Waals surface area contributed by atoms with Crippen molar-refractivity contribution in [1.29, 1.82) is 0 Å².